The Bertz CT molecular complexity index is 775. The minimum absolute atomic E-state index is 0.103. The molecule has 1 aromatic heterocycles. The fourth-order valence-corrected chi connectivity index (χ4v) is 4.49. The first-order valence-electron chi connectivity index (χ1n) is 9.09. The molecule has 0 saturated carbocycles. The summed E-state index contributed by atoms with van der Waals surface area (Å²) in [6, 6.07) is 1.75. The smallest absolute Gasteiger partial charge is 0.341 e. The molecule has 2 aliphatic rings. The van der Waals surface area contributed by atoms with Crippen LogP contribution in [0.1, 0.15) is 35.5 Å². The van der Waals surface area contributed by atoms with Crippen LogP contribution in [0.3, 0.4) is 0 Å². The third kappa shape index (κ3) is 4.19. The Morgan fingerprint density at radius 3 is 2.74 bits per heavy atom. The van der Waals surface area contributed by atoms with Crippen LogP contribution in [-0.4, -0.2) is 54.8 Å². The first kappa shape index (κ1) is 19.5. The van der Waals surface area contributed by atoms with Crippen molar-refractivity contribution in [1.29, 1.82) is 0 Å². The largest absolute Gasteiger partial charge is 0.462 e. The number of likely N-dealkylation sites (tertiary alicyclic amines) is 1. The van der Waals surface area contributed by atoms with Gasteiger partial charge in [-0.15, -0.1) is 11.3 Å². The molecule has 146 valence electrons. The van der Waals surface area contributed by atoms with E-state index in [1.165, 1.54) is 11.3 Å². The lowest BCUT2D eigenvalue weighted by Gasteiger charge is -2.31. The van der Waals surface area contributed by atoms with Crippen LogP contribution in [0.2, 0.25) is 0 Å². The van der Waals surface area contributed by atoms with Gasteiger partial charge in [-0.25, -0.2) is 4.79 Å². The Labute approximate surface area is 161 Å². The van der Waals surface area contributed by atoms with Crippen LogP contribution < -0.4 is 10.6 Å². The predicted octanol–water partition coefficient (Wildman–Crippen LogP) is 1.02. The molecule has 0 aliphatic carbocycles. The highest BCUT2D eigenvalue weighted by molar-refractivity contribution is 7.16. The molecule has 3 rings (SSSR count). The number of carbonyl (C=O) groups is 4. The molecule has 0 spiro atoms. The number of fused-ring (bicyclic) bond motifs is 1. The summed E-state index contributed by atoms with van der Waals surface area (Å²) in [5, 5.41) is 5.65. The number of esters is 1. The molecular formula is C18H23N3O5S. The standard InChI is InChI=1S/C18H23N3O5S/c1-3-10-7-12(18(25)26-4-2)17(27-10)19-14(22)9-21-6-5-11-13(8-21)16(24)20-15(11)23/h7,11,13H,3-6,8-9H2,1-2H3,(H,19,22)(H,20,23,24). The maximum absolute atomic E-state index is 12.5. The third-order valence-corrected chi connectivity index (χ3v) is 6.06. The van der Waals surface area contributed by atoms with Crippen LogP contribution in [0, 0.1) is 11.8 Å². The Hall–Kier alpha value is -2.26. The summed E-state index contributed by atoms with van der Waals surface area (Å²) in [4.78, 5) is 51.0. The Morgan fingerprint density at radius 2 is 2.04 bits per heavy atom. The number of carbonyl (C=O) groups excluding carboxylic acids is 4. The molecule has 2 fully saturated rings. The first-order valence-corrected chi connectivity index (χ1v) is 9.91. The molecule has 9 heteroatoms. The van der Waals surface area contributed by atoms with Crippen molar-refractivity contribution in [2.24, 2.45) is 11.8 Å². The van der Waals surface area contributed by atoms with Crippen LogP contribution in [-0.2, 0) is 25.5 Å². The van der Waals surface area contributed by atoms with Crippen molar-refractivity contribution < 1.29 is 23.9 Å². The fraction of sp³-hybridized carbons (Fsp3) is 0.556. The van der Waals surface area contributed by atoms with E-state index < -0.39 is 5.97 Å². The number of nitrogens with zero attached hydrogens (tertiary/aromatic N) is 1. The number of aryl methyl sites for hydroxylation is 1. The lowest BCUT2D eigenvalue weighted by atomic mass is 9.88. The van der Waals surface area contributed by atoms with Gasteiger partial charge >= 0.3 is 5.97 Å². The van der Waals surface area contributed by atoms with Crippen LogP contribution in [0.5, 0.6) is 0 Å². The van der Waals surface area contributed by atoms with Crippen LogP contribution in [0.15, 0.2) is 6.07 Å². The summed E-state index contributed by atoms with van der Waals surface area (Å²) in [5.74, 6) is -1.84. The van der Waals surface area contributed by atoms with Gasteiger partial charge in [-0.1, -0.05) is 6.92 Å². The van der Waals surface area contributed by atoms with E-state index in [9.17, 15) is 19.2 Å². The topological polar surface area (TPSA) is 105 Å². The van der Waals surface area contributed by atoms with Crippen molar-refractivity contribution in [2.45, 2.75) is 26.7 Å². The summed E-state index contributed by atoms with van der Waals surface area (Å²) in [6.45, 7) is 5.03. The van der Waals surface area contributed by atoms with Gasteiger partial charge in [-0.2, -0.15) is 0 Å². The van der Waals surface area contributed by atoms with Gasteiger partial charge in [-0.3, -0.25) is 24.6 Å². The van der Waals surface area contributed by atoms with Gasteiger partial charge in [0, 0.05) is 11.4 Å². The van der Waals surface area contributed by atoms with Crippen molar-refractivity contribution in [3.8, 4) is 0 Å². The first-order chi connectivity index (χ1) is 12.9. The highest BCUT2D eigenvalue weighted by Gasteiger charge is 2.44. The van der Waals surface area contributed by atoms with E-state index >= 15 is 0 Å². The second-order valence-electron chi connectivity index (χ2n) is 6.67. The zero-order valence-corrected chi connectivity index (χ0v) is 16.2. The normalized spacial score (nSPS) is 22.3. The van der Waals surface area contributed by atoms with Gasteiger partial charge in [0.1, 0.15) is 5.00 Å². The zero-order valence-electron chi connectivity index (χ0n) is 15.4. The number of amides is 3. The van der Waals surface area contributed by atoms with E-state index in [1.807, 2.05) is 11.8 Å². The summed E-state index contributed by atoms with van der Waals surface area (Å²) >= 11 is 1.36. The molecule has 2 aliphatic heterocycles. The van der Waals surface area contributed by atoms with Crippen molar-refractivity contribution in [1.82, 2.24) is 10.2 Å². The summed E-state index contributed by atoms with van der Waals surface area (Å²) in [6.07, 6.45) is 1.31. The molecule has 8 nitrogen and oxygen atoms in total. The van der Waals surface area contributed by atoms with Crippen molar-refractivity contribution in [3.63, 3.8) is 0 Å². The molecule has 1 aromatic rings. The van der Waals surface area contributed by atoms with E-state index in [4.69, 9.17) is 4.74 Å². The fourth-order valence-electron chi connectivity index (χ4n) is 3.49. The van der Waals surface area contributed by atoms with Gasteiger partial charge in [0.2, 0.25) is 17.7 Å². The number of hydrogen-bond acceptors (Lipinski definition) is 7. The number of rotatable bonds is 6. The van der Waals surface area contributed by atoms with E-state index in [1.54, 1.807) is 13.0 Å². The number of hydrogen-bond donors (Lipinski definition) is 2. The predicted molar refractivity (Wildman–Crippen MR) is 99.5 cm³/mol. The lowest BCUT2D eigenvalue weighted by molar-refractivity contribution is -0.126. The van der Waals surface area contributed by atoms with E-state index in [2.05, 4.69) is 10.6 Å². The molecule has 2 saturated heterocycles. The molecule has 0 radical (unpaired) electrons. The zero-order chi connectivity index (χ0) is 19.6. The van der Waals surface area contributed by atoms with E-state index in [-0.39, 0.29) is 42.7 Å². The molecular weight excluding hydrogens is 370 g/mol. The third-order valence-electron chi connectivity index (χ3n) is 4.86. The highest BCUT2D eigenvalue weighted by atomic mass is 32.1. The van der Waals surface area contributed by atoms with Gasteiger partial charge in [0.05, 0.1) is 30.6 Å². The molecule has 2 N–H and O–H groups in total. The van der Waals surface area contributed by atoms with Crippen molar-refractivity contribution >= 4 is 40.0 Å². The minimum atomic E-state index is -0.453. The summed E-state index contributed by atoms with van der Waals surface area (Å²) < 4.78 is 5.06. The number of thiophene rings is 1. The molecule has 3 amide bonds. The maximum atomic E-state index is 12.5. The van der Waals surface area contributed by atoms with Crippen LogP contribution >= 0.6 is 11.3 Å². The monoisotopic (exact) mass is 393 g/mol. The van der Waals surface area contributed by atoms with Crippen molar-refractivity contribution in [2.75, 3.05) is 31.6 Å². The molecule has 27 heavy (non-hydrogen) atoms. The van der Waals surface area contributed by atoms with Gasteiger partial charge in [0.15, 0.2) is 0 Å². The summed E-state index contributed by atoms with van der Waals surface area (Å²) in [7, 11) is 0. The quantitative estimate of drug-likeness (QED) is 0.552. The average Bonchev–Trinajstić information content (AvgIpc) is 3.16. The Kier molecular flexibility index (Phi) is 5.91. The average molecular weight is 393 g/mol. The maximum Gasteiger partial charge on any atom is 0.341 e. The van der Waals surface area contributed by atoms with Crippen LogP contribution in [0.4, 0.5) is 5.00 Å². The molecule has 0 bridgehead atoms. The van der Waals surface area contributed by atoms with Gasteiger partial charge in [0.25, 0.3) is 0 Å². The number of ether oxygens (including phenoxy) is 1. The lowest BCUT2D eigenvalue weighted by Crippen LogP contribution is -2.45. The molecule has 0 aromatic carbocycles. The van der Waals surface area contributed by atoms with Crippen molar-refractivity contribution in [3.05, 3.63) is 16.5 Å². The van der Waals surface area contributed by atoms with E-state index in [0.717, 1.165) is 11.3 Å². The van der Waals surface area contributed by atoms with Gasteiger partial charge in [-0.05, 0) is 32.4 Å². The van der Waals surface area contributed by atoms with Gasteiger partial charge < -0.3 is 10.1 Å². The minimum Gasteiger partial charge on any atom is -0.462 e. The highest BCUT2D eigenvalue weighted by Crippen LogP contribution is 2.30. The second kappa shape index (κ2) is 8.18. The Balaban J connectivity index is 1.63. The molecule has 2 atom stereocenters. The number of piperidine rings is 1. The molecule has 3 heterocycles. The van der Waals surface area contributed by atoms with E-state index in [0.29, 0.717) is 30.1 Å². The number of anilines is 1. The molecule has 2 unspecified atom stereocenters. The second-order valence-corrected chi connectivity index (χ2v) is 7.80. The SMILES string of the molecule is CCOC(=O)c1cc(CC)sc1NC(=O)CN1CCC2C(=O)NC(=O)C2C1. The Morgan fingerprint density at radius 1 is 1.30 bits per heavy atom. The summed E-state index contributed by atoms with van der Waals surface area (Å²) in [5.41, 5.74) is 0.367. The van der Waals surface area contributed by atoms with Crippen LogP contribution in [0.25, 0.3) is 0 Å². The number of nitrogens with one attached hydrogen (secondary N) is 2. The number of imide groups is 1.